The van der Waals surface area contributed by atoms with Gasteiger partial charge in [-0.1, -0.05) is 13.8 Å². The number of amides is 1. The van der Waals surface area contributed by atoms with Crippen LogP contribution in [-0.2, 0) is 47.7 Å². The van der Waals surface area contributed by atoms with E-state index in [2.05, 4.69) is 10.1 Å². The molecule has 1 saturated heterocycles. The lowest BCUT2D eigenvalue weighted by Gasteiger charge is -2.47. The van der Waals surface area contributed by atoms with Gasteiger partial charge in [0, 0.05) is 33.1 Å². The topological polar surface area (TPSA) is 164 Å². The molecule has 1 amide bonds. The lowest BCUT2D eigenvalue weighted by molar-refractivity contribution is -0.291. The van der Waals surface area contributed by atoms with Gasteiger partial charge in [-0.2, -0.15) is 0 Å². The Labute approximate surface area is 185 Å². The van der Waals surface area contributed by atoms with E-state index in [1.807, 2.05) is 0 Å². The normalized spacial score (nSPS) is 26.8. The van der Waals surface area contributed by atoms with Crippen molar-refractivity contribution in [3.05, 3.63) is 0 Å². The van der Waals surface area contributed by atoms with Crippen LogP contribution < -0.4 is 5.32 Å². The number of rotatable bonds is 9. The predicted molar refractivity (Wildman–Crippen MR) is 106 cm³/mol. The standard InChI is InChI=1S/C20H31NO11/c1-7-16(25)21-17-14(30-12(4)23)8-20(27,19(26)28-6)32-18(17)10(2)15(31-13(5)24)9-29-11(3)22/h10,14-15,17-18,27H,7-9H2,1-6H3,(H,21,25)/t10-,14+,15-,17-,18+,20+/m1/s1. The number of hydrogen-bond acceptors (Lipinski definition) is 11. The van der Waals surface area contributed by atoms with Crippen molar-refractivity contribution in [1.29, 1.82) is 0 Å². The summed E-state index contributed by atoms with van der Waals surface area (Å²) in [5, 5.41) is 13.5. The van der Waals surface area contributed by atoms with Gasteiger partial charge in [-0.05, 0) is 0 Å². The van der Waals surface area contributed by atoms with E-state index >= 15 is 0 Å². The zero-order valence-corrected chi connectivity index (χ0v) is 19.0. The fourth-order valence-corrected chi connectivity index (χ4v) is 3.39. The number of carbonyl (C=O) groups is 5. The molecule has 0 radical (unpaired) electrons. The number of esters is 4. The van der Waals surface area contributed by atoms with Gasteiger partial charge in [0.2, 0.25) is 5.91 Å². The maximum atomic E-state index is 12.3. The highest BCUT2D eigenvalue weighted by Crippen LogP contribution is 2.35. The fourth-order valence-electron chi connectivity index (χ4n) is 3.39. The first-order valence-electron chi connectivity index (χ1n) is 10.1. The number of nitrogens with one attached hydrogen (secondary N) is 1. The van der Waals surface area contributed by atoms with Gasteiger partial charge in [0.05, 0.1) is 25.7 Å². The van der Waals surface area contributed by atoms with E-state index in [-0.39, 0.29) is 13.0 Å². The smallest absolute Gasteiger partial charge is 0.366 e. The molecule has 6 atom stereocenters. The molecule has 1 heterocycles. The zero-order chi connectivity index (χ0) is 24.6. The molecular weight excluding hydrogens is 430 g/mol. The lowest BCUT2D eigenvalue weighted by atomic mass is 9.84. The van der Waals surface area contributed by atoms with Gasteiger partial charge < -0.3 is 34.1 Å². The molecule has 0 aliphatic carbocycles. The monoisotopic (exact) mass is 461 g/mol. The Morgan fingerprint density at radius 1 is 1.12 bits per heavy atom. The van der Waals surface area contributed by atoms with Gasteiger partial charge in [-0.25, -0.2) is 4.79 Å². The minimum atomic E-state index is -2.51. The number of ether oxygens (including phenoxy) is 5. The first kappa shape index (κ1) is 27.3. The second-order valence-corrected chi connectivity index (χ2v) is 7.47. The Balaban J connectivity index is 3.43. The third-order valence-corrected chi connectivity index (χ3v) is 4.91. The summed E-state index contributed by atoms with van der Waals surface area (Å²) in [4.78, 5) is 59.0. The largest absolute Gasteiger partial charge is 0.465 e. The molecule has 0 spiro atoms. The molecule has 0 aromatic heterocycles. The third kappa shape index (κ3) is 7.45. The molecule has 0 bridgehead atoms. The highest BCUT2D eigenvalue weighted by atomic mass is 16.7. The molecule has 0 aromatic carbocycles. The molecule has 32 heavy (non-hydrogen) atoms. The number of aliphatic hydroxyl groups is 1. The molecule has 1 aliphatic rings. The summed E-state index contributed by atoms with van der Waals surface area (Å²) in [6, 6.07) is -1.03. The Hall–Kier alpha value is -2.73. The van der Waals surface area contributed by atoms with Crippen LogP contribution in [0.15, 0.2) is 0 Å². The number of hydrogen-bond donors (Lipinski definition) is 2. The summed E-state index contributed by atoms with van der Waals surface area (Å²) >= 11 is 0. The fraction of sp³-hybridized carbons (Fsp3) is 0.750. The summed E-state index contributed by atoms with van der Waals surface area (Å²) < 4.78 is 25.8. The highest BCUT2D eigenvalue weighted by molar-refractivity contribution is 5.78. The van der Waals surface area contributed by atoms with Crippen LogP contribution >= 0.6 is 0 Å². The molecule has 1 fully saturated rings. The average Bonchev–Trinajstić information content (AvgIpc) is 2.70. The summed E-state index contributed by atoms with van der Waals surface area (Å²) in [5.74, 6) is -6.95. The van der Waals surface area contributed by atoms with Crippen LogP contribution in [0.4, 0.5) is 0 Å². The molecule has 12 heteroatoms. The SMILES string of the molecule is CCC(=O)N[C@H]1[C@H]([C@H](C)[C@@H](COC(C)=O)OC(C)=O)O[C@](O)(C(=O)OC)C[C@@H]1OC(C)=O. The maximum Gasteiger partial charge on any atom is 0.366 e. The average molecular weight is 461 g/mol. The Bertz CT molecular complexity index is 724. The molecule has 2 N–H and O–H groups in total. The second kappa shape index (κ2) is 11.8. The van der Waals surface area contributed by atoms with E-state index in [0.29, 0.717) is 0 Å². The van der Waals surface area contributed by atoms with E-state index in [4.69, 9.17) is 18.9 Å². The second-order valence-electron chi connectivity index (χ2n) is 7.47. The number of methoxy groups -OCH3 is 1. The van der Waals surface area contributed by atoms with Crippen molar-refractivity contribution in [2.45, 2.75) is 77.6 Å². The third-order valence-electron chi connectivity index (χ3n) is 4.91. The summed E-state index contributed by atoms with van der Waals surface area (Å²) in [6.07, 6.45) is -3.89. The van der Waals surface area contributed by atoms with Crippen molar-refractivity contribution < 1.29 is 52.8 Å². The minimum absolute atomic E-state index is 0.0898. The summed E-state index contributed by atoms with van der Waals surface area (Å²) in [5.41, 5.74) is 0. The van der Waals surface area contributed by atoms with Gasteiger partial charge >= 0.3 is 23.9 Å². The van der Waals surface area contributed by atoms with Crippen LogP contribution in [0.3, 0.4) is 0 Å². The van der Waals surface area contributed by atoms with Crippen molar-refractivity contribution in [3.63, 3.8) is 0 Å². The van der Waals surface area contributed by atoms with Crippen LogP contribution in [-0.4, -0.2) is 78.7 Å². The van der Waals surface area contributed by atoms with Gasteiger partial charge in [0.15, 0.2) is 0 Å². The van der Waals surface area contributed by atoms with Gasteiger partial charge in [0.25, 0.3) is 5.79 Å². The molecular formula is C20H31NO11. The van der Waals surface area contributed by atoms with Gasteiger partial charge in [-0.15, -0.1) is 0 Å². The van der Waals surface area contributed by atoms with Crippen LogP contribution in [0.5, 0.6) is 0 Å². The van der Waals surface area contributed by atoms with Gasteiger partial charge in [-0.3, -0.25) is 19.2 Å². The molecule has 182 valence electrons. The minimum Gasteiger partial charge on any atom is -0.465 e. The van der Waals surface area contributed by atoms with Crippen LogP contribution in [0.2, 0.25) is 0 Å². The molecule has 1 aliphatic heterocycles. The molecule has 0 unspecified atom stereocenters. The zero-order valence-electron chi connectivity index (χ0n) is 19.0. The van der Waals surface area contributed by atoms with Crippen molar-refractivity contribution in [1.82, 2.24) is 5.32 Å². The van der Waals surface area contributed by atoms with Crippen LogP contribution in [0.25, 0.3) is 0 Å². The summed E-state index contributed by atoms with van der Waals surface area (Å²) in [6.45, 7) is 6.25. The van der Waals surface area contributed by atoms with Crippen molar-refractivity contribution in [3.8, 4) is 0 Å². The first-order chi connectivity index (χ1) is 14.8. The number of carbonyl (C=O) groups excluding carboxylic acids is 5. The molecule has 12 nitrogen and oxygen atoms in total. The highest BCUT2D eigenvalue weighted by Gasteiger charge is 2.55. The van der Waals surface area contributed by atoms with Crippen molar-refractivity contribution in [2.75, 3.05) is 13.7 Å². The molecule has 0 saturated carbocycles. The van der Waals surface area contributed by atoms with Gasteiger partial charge in [0.1, 0.15) is 18.8 Å². The summed E-state index contributed by atoms with van der Waals surface area (Å²) in [7, 11) is 1.04. The molecule has 0 aromatic rings. The van der Waals surface area contributed by atoms with E-state index in [9.17, 15) is 29.1 Å². The van der Waals surface area contributed by atoms with E-state index in [0.717, 1.165) is 21.0 Å². The van der Waals surface area contributed by atoms with Crippen LogP contribution in [0, 0.1) is 5.92 Å². The van der Waals surface area contributed by atoms with Crippen molar-refractivity contribution >= 4 is 29.8 Å². The van der Waals surface area contributed by atoms with Crippen molar-refractivity contribution in [2.24, 2.45) is 5.92 Å². The van der Waals surface area contributed by atoms with Crippen LogP contribution in [0.1, 0.15) is 47.5 Å². The predicted octanol–water partition coefficient (Wildman–Crippen LogP) is -0.406. The van der Waals surface area contributed by atoms with E-state index < -0.39 is 72.3 Å². The Morgan fingerprint density at radius 2 is 1.75 bits per heavy atom. The maximum absolute atomic E-state index is 12.3. The van der Waals surface area contributed by atoms with E-state index in [1.54, 1.807) is 13.8 Å². The first-order valence-corrected chi connectivity index (χ1v) is 10.1. The Morgan fingerprint density at radius 3 is 2.22 bits per heavy atom. The quantitative estimate of drug-likeness (QED) is 0.339. The lowest BCUT2D eigenvalue weighted by Crippen LogP contribution is -2.66. The molecule has 1 rings (SSSR count). The van der Waals surface area contributed by atoms with E-state index in [1.165, 1.54) is 6.92 Å². The Kier molecular flexibility index (Phi) is 10.0.